The van der Waals surface area contributed by atoms with Crippen LogP contribution in [-0.4, -0.2) is 75.5 Å². The number of Topliss-reactive ketones (excluding diaryl/α,β-unsaturated/α-hetero) is 1. The fraction of sp³-hybridized carbons (Fsp3) is 0.480. The molecular formula is C25H33N6O4S. The van der Waals surface area contributed by atoms with Crippen molar-refractivity contribution in [3.8, 4) is 0 Å². The van der Waals surface area contributed by atoms with Crippen LogP contribution < -0.4 is 21.2 Å². The van der Waals surface area contributed by atoms with Gasteiger partial charge in [-0.15, -0.1) is 0 Å². The summed E-state index contributed by atoms with van der Waals surface area (Å²) in [6.07, 6.45) is 3.99. The molecule has 0 bridgehead atoms. The normalized spacial score (nSPS) is 22.4. The van der Waals surface area contributed by atoms with Crippen LogP contribution in [0.2, 0.25) is 0 Å². The van der Waals surface area contributed by atoms with Crippen LogP contribution in [0.3, 0.4) is 0 Å². The molecule has 1 amide bonds. The maximum atomic E-state index is 13.8. The summed E-state index contributed by atoms with van der Waals surface area (Å²) in [4.78, 5) is 27.8. The Morgan fingerprint density at radius 1 is 1.22 bits per heavy atom. The van der Waals surface area contributed by atoms with Gasteiger partial charge in [0, 0.05) is 26.4 Å². The molecule has 1 saturated carbocycles. The van der Waals surface area contributed by atoms with Gasteiger partial charge in [-0.05, 0) is 55.1 Å². The summed E-state index contributed by atoms with van der Waals surface area (Å²) in [7, 11) is -0.940. The third kappa shape index (κ3) is 5.75. The minimum absolute atomic E-state index is 0.0359. The zero-order valence-electron chi connectivity index (χ0n) is 20.6. The van der Waals surface area contributed by atoms with E-state index in [2.05, 4.69) is 15.1 Å². The van der Waals surface area contributed by atoms with Crippen molar-refractivity contribution in [3.63, 3.8) is 0 Å². The molecule has 1 unspecified atom stereocenters. The van der Waals surface area contributed by atoms with Gasteiger partial charge in [-0.1, -0.05) is 30.3 Å². The zero-order chi connectivity index (χ0) is 25.9. The van der Waals surface area contributed by atoms with Gasteiger partial charge in [0.15, 0.2) is 5.78 Å². The highest BCUT2D eigenvalue weighted by molar-refractivity contribution is 7.89. The zero-order valence-corrected chi connectivity index (χ0v) is 21.4. The molecule has 1 saturated heterocycles. The van der Waals surface area contributed by atoms with Gasteiger partial charge >= 0.3 is 0 Å². The molecule has 4 N–H and O–H groups in total. The van der Waals surface area contributed by atoms with Crippen molar-refractivity contribution in [3.05, 3.63) is 42.5 Å². The van der Waals surface area contributed by atoms with Crippen molar-refractivity contribution in [1.29, 1.82) is 0 Å². The van der Waals surface area contributed by atoms with Gasteiger partial charge in [0.1, 0.15) is 0 Å². The van der Waals surface area contributed by atoms with Crippen molar-refractivity contribution in [2.45, 2.75) is 60.7 Å². The van der Waals surface area contributed by atoms with Gasteiger partial charge in [0.2, 0.25) is 15.9 Å². The molecule has 1 radical (unpaired) electrons. The fourth-order valence-corrected chi connectivity index (χ4v) is 5.85. The number of carbonyl (C=O) groups is 2. The molecule has 1 aliphatic carbocycles. The molecular weight excluding hydrogens is 480 g/mol. The Bertz CT molecular complexity index is 1260. The number of piperidine rings is 1. The number of carbonyl (C=O) groups excluding carboxylic acids is 2. The molecule has 3 atom stereocenters. The third-order valence-electron chi connectivity index (χ3n) is 6.84. The van der Waals surface area contributed by atoms with E-state index in [9.17, 15) is 18.0 Å². The topological polar surface area (TPSA) is 148 Å². The highest BCUT2D eigenvalue weighted by Gasteiger charge is 2.55. The molecule has 1 heterocycles. The molecule has 11 heteroatoms. The second-order valence-electron chi connectivity index (χ2n) is 9.69. The van der Waals surface area contributed by atoms with E-state index in [0.29, 0.717) is 12.8 Å². The maximum Gasteiger partial charge on any atom is 0.241 e. The van der Waals surface area contributed by atoms with Crippen LogP contribution >= 0.6 is 0 Å². The van der Waals surface area contributed by atoms with Crippen molar-refractivity contribution in [1.82, 2.24) is 20.3 Å². The van der Waals surface area contributed by atoms with E-state index in [-0.39, 0.29) is 35.1 Å². The second-order valence-corrected chi connectivity index (χ2v) is 11.4. The van der Waals surface area contributed by atoms with E-state index in [4.69, 9.17) is 11.2 Å². The monoisotopic (exact) mass is 513 g/mol. The summed E-state index contributed by atoms with van der Waals surface area (Å²) < 4.78 is 29.2. The lowest BCUT2D eigenvalue weighted by molar-refractivity contribution is -0.133. The lowest BCUT2D eigenvalue weighted by atomic mass is 9.94. The molecule has 2 aromatic rings. The number of amides is 1. The number of nitrogens with one attached hydrogen (secondary N) is 2. The van der Waals surface area contributed by atoms with Gasteiger partial charge in [0.25, 0.3) is 0 Å². The molecule has 4 rings (SSSR count). The number of ketones is 1. The minimum Gasteiger partial charge on any atom is -0.349 e. The molecule has 0 spiro atoms. The van der Waals surface area contributed by atoms with E-state index in [1.54, 1.807) is 32.4 Å². The number of fused-ring (bicyclic) bond motifs is 1. The smallest absolute Gasteiger partial charge is 0.241 e. The Labute approximate surface area is 211 Å². The van der Waals surface area contributed by atoms with E-state index >= 15 is 0 Å². The van der Waals surface area contributed by atoms with Gasteiger partial charge < -0.3 is 16.1 Å². The number of nitrogens with zero attached hydrogens (tertiary/aromatic N) is 3. The van der Waals surface area contributed by atoms with Crippen LogP contribution in [0.1, 0.15) is 32.1 Å². The van der Waals surface area contributed by atoms with E-state index < -0.39 is 21.6 Å². The van der Waals surface area contributed by atoms with Gasteiger partial charge in [-0.3, -0.25) is 9.59 Å². The molecule has 2 fully saturated rings. The van der Waals surface area contributed by atoms with Gasteiger partial charge in [0.05, 0.1) is 28.9 Å². The molecule has 36 heavy (non-hydrogen) atoms. The van der Waals surface area contributed by atoms with Crippen molar-refractivity contribution in [2.75, 3.05) is 20.6 Å². The SMILES string of the molecule is CN(C)C(=O)C[C@@H](NS(=O)(=O)c1ccc2ccccc2c1)C(=O)C1([N]C2CCCN[C@@H]2C=NN)CC1. The Morgan fingerprint density at radius 2 is 1.94 bits per heavy atom. The van der Waals surface area contributed by atoms with E-state index in [1.165, 1.54) is 11.0 Å². The summed E-state index contributed by atoms with van der Waals surface area (Å²) in [5.74, 6) is 4.63. The van der Waals surface area contributed by atoms with Gasteiger partial charge in [-0.2, -0.15) is 5.10 Å². The number of benzene rings is 2. The number of nitrogens with two attached hydrogens (primary N) is 1. The number of hydrogen-bond donors (Lipinski definition) is 3. The van der Waals surface area contributed by atoms with Crippen LogP contribution in [0, 0.1) is 0 Å². The molecule has 2 aromatic carbocycles. The Hall–Kier alpha value is -2.86. The summed E-state index contributed by atoms with van der Waals surface area (Å²) in [6.45, 7) is 0.801. The predicted molar refractivity (Wildman–Crippen MR) is 138 cm³/mol. The molecule has 193 valence electrons. The first-order valence-electron chi connectivity index (χ1n) is 12.1. The van der Waals surface area contributed by atoms with Crippen LogP contribution in [0.25, 0.3) is 10.8 Å². The van der Waals surface area contributed by atoms with Crippen LogP contribution in [0.5, 0.6) is 0 Å². The number of hydrogen-bond acceptors (Lipinski definition) is 7. The van der Waals surface area contributed by atoms with Crippen molar-refractivity contribution in [2.24, 2.45) is 10.9 Å². The standard InChI is InChI=1S/C25H33N6O4S/c1-31(2)23(32)15-21(30-36(34,35)19-10-9-17-6-3-4-7-18(17)14-19)24(33)25(11-12-25)29-20-8-5-13-27-22(20)16-28-26/h3-4,6-7,9-10,14,16,20-22,27,30H,5,8,11-13,15,26H2,1-2H3/t20?,21-,22-/m1/s1. The summed E-state index contributed by atoms with van der Waals surface area (Å²) in [6, 6.07) is 10.6. The summed E-state index contributed by atoms with van der Waals surface area (Å²) >= 11 is 0. The summed E-state index contributed by atoms with van der Waals surface area (Å²) in [5, 5.41) is 13.5. The largest absolute Gasteiger partial charge is 0.349 e. The minimum atomic E-state index is -4.09. The van der Waals surface area contributed by atoms with E-state index in [0.717, 1.165) is 30.2 Å². The Balaban J connectivity index is 1.59. The lowest BCUT2D eigenvalue weighted by Gasteiger charge is -2.33. The number of rotatable bonds is 10. The Kier molecular flexibility index (Phi) is 7.74. The second kappa shape index (κ2) is 10.6. The maximum absolute atomic E-state index is 13.8. The molecule has 0 aromatic heterocycles. The van der Waals surface area contributed by atoms with Crippen LogP contribution in [-0.2, 0) is 19.6 Å². The van der Waals surface area contributed by atoms with Crippen LogP contribution in [0.15, 0.2) is 52.5 Å². The highest BCUT2D eigenvalue weighted by atomic mass is 32.2. The first kappa shape index (κ1) is 26.2. The Morgan fingerprint density at radius 3 is 2.61 bits per heavy atom. The van der Waals surface area contributed by atoms with Crippen LogP contribution in [0.4, 0.5) is 0 Å². The quantitative estimate of drug-likeness (QED) is 0.242. The van der Waals surface area contributed by atoms with Crippen molar-refractivity contribution < 1.29 is 18.0 Å². The van der Waals surface area contributed by atoms with E-state index in [1.807, 2.05) is 24.3 Å². The first-order chi connectivity index (χ1) is 17.1. The van der Waals surface area contributed by atoms with Crippen molar-refractivity contribution >= 4 is 38.7 Å². The fourth-order valence-electron chi connectivity index (χ4n) is 4.62. The molecule has 2 aliphatic rings. The first-order valence-corrected chi connectivity index (χ1v) is 13.6. The number of hydrazone groups is 1. The number of sulfonamides is 1. The molecule has 10 nitrogen and oxygen atoms in total. The van der Waals surface area contributed by atoms with Gasteiger partial charge in [-0.25, -0.2) is 18.5 Å². The molecule has 1 aliphatic heterocycles. The third-order valence-corrected chi connectivity index (χ3v) is 8.31. The average Bonchev–Trinajstić information content (AvgIpc) is 3.64. The highest BCUT2D eigenvalue weighted by Crippen LogP contribution is 2.40. The average molecular weight is 514 g/mol. The lowest BCUT2D eigenvalue weighted by Crippen LogP contribution is -2.57. The summed E-state index contributed by atoms with van der Waals surface area (Å²) in [5.41, 5.74) is -1.02. The predicted octanol–water partition coefficient (Wildman–Crippen LogP) is 0.736.